The third-order valence-electron chi connectivity index (χ3n) is 2.98. The lowest BCUT2D eigenvalue weighted by molar-refractivity contribution is 0.572. The Kier molecular flexibility index (Phi) is 4.69. The first kappa shape index (κ1) is 14.3. The third-order valence-corrected chi connectivity index (χ3v) is 5.65. The van der Waals surface area contributed by atoms with Gasteiger partial charge in [0.05, 0.1) is 9.92 Å². The highest BCUT2D eigenvalue weighted by molar-refractivity contribution is 9.10. The Labute approximate surface area is 121 Å². The molecule has 0 bridgehead atoms. The van der Waals surface area contributed by atoms with E-state index in [1.165, 1.54) is 25.0 Å². The highest BCUT2D eigenvalue weighted by Gasteiger charge is 2.21. The molecule has 1 aliphatic rings. The minimum Gasteiger partial charge on any atom is -0.211 e. The van der Waals surface area contributed by atoms with Crippen molar-refractivity contribution < 1.29 is 8.42 Å². The molecule has 0 aliphatic heterocycles. The number of halogens is 2. The zero-order valence-corrected chi connectivity index (χ0v) is 13.0. The van der Waals surface area contributed by atoms with Crippen LogP contribution in [0, 0.1) is 5.92 Å². The summed E-state index contributed by atoms with van der Waals surface area (Å²) in [5.41, 5.74) is 0. The van der Waals surface area contributed by atoms with Crippen molar-refractivity contribution in [3.8, 4) is 0 Å². The number of hydrogen-bond donors (Lipinski definition) is 1. The lowest BCUT2D eigenvalue weighted by Gasteiger charge is -2.07. The van der Waals surface area contributed by atoms with Crippen LogP contribution >= 0.6 is 27.5 Å². The van der Waals surface area contributed by atoms with Crippen LogP contribution in [0.25, 0.3) is 0 Å². The van der Waals surface area contributed by atoms with Crippen LogP contribution in [0.3, 0.4) is 0 Å². The fourth-order valence-electron chi connectivity index (χ4n) is 1.73. The Morgan fingerprint density at radius 1 is 1.39 bits per heavy atom. The second-order valence-corrected chi connectivity index (χ2v) is 7.59. The van der Waals surface area contributed by atoms with E-state index >= 15 is 0 Å². The smallest absolute Gasteiger partial charge is 0.211 e. The van der Waals surface area contributed by atoms with E-state index in [1.54, 1.807) is 6.07 Å². The highest BCUT2D eigenvalue weighted by Crippen LogP contribution is 2.33. The summed E-state index contributed by atoms with van der Waals surface area (Å²) < 4.78 is 27.2. The minimum absolute atomic E-state index is 0.241. The normalized spacial score (nSPS) is 15.9. The molecule has 0 amide bonds. The summed E-state index contributed by atoms with van der Waals surface area (Å²) in [6, 6.07) is 4.60. The molecule has 18 heavy (non-hydrogen) atoms. The average Bonchev–Trinajstić information content (AvgIpc) is 3.12. The molecule has 0 unspecified atom stereocenters. The van der Waals surface area contributed by atoms with Crippen LogP contribution in [0.2, 0.25) is 5.02 Å². The first-order valence-corrected chi connectivity index (χ1v) is 8.59. The monoisotopic (exact) mass is 351 g/mol. The van der Waals surface area contributed by atoms with Crippen molar-refractivity contribution in [1.82, 2.24) is 4.72 Å². The van der Waals surface area contributed by atoms with Crippen LogP contribution in [0.1, 0.15) is 25.7 Å². The number of benzene rings is 1. The largest absolute Gasteiger partial charge is 0.240 e. The second kappa shape index (κ2) is 5.90. The standard InChI is InChI=1S/C12H15BrClNO2S/c13-11-8-10(5-6-12(11)14)18(16,17)15-7-1-2-9-3-4-9/h5-6,8-9,15H,1-4,7H2. The highest BCUT2D eigenvalue weighted by atomic mass is 79.9. The number of sulfonamides is 1. The molecule has 1 fully saturated rings. The molecule has 0 spiro atoms. The van der Waals surface area contributed by atoms with Gasteiger partial charge in [-0.1, -0.05) is 24.4 Å². The molecular formula is C12H15BrClNO2S. The van der Waals surface area contributed by atoms with Gasteiger partial charge in [-0.2, -0.15) is 0 Å². The van der Waals surface area contributed by atoms with Crippen LogP contribution in [0.5, 0.6) is 0 Å². The Hall–Kier alpha value is -0.100. The molecule has 3 nitrogen and oxygen atoms in total. The maximum Gasteiger partial charge on any atom is 0.240 e. The molecule has 1 aromatic rings. The van der Waals surface area contributed by atoms with E-state index in [4.69, 9.17) is 11.6 Å². The Balaban J connectivity index is 1.93. The van der Waals surface area contributed by atoms with Gasteiger partial charge in [0.1, 0.15) is 0 Å². The average molecular weight is 353 g/mol. The Bertz CT molecular complexity index is 529. The molecule has 100 valence electrons. The summed E-state index contributed by atoms with van der Waals surface area (Å²) in [6.45, 7) is 0.499. The minimum atomic E-state index is -3.42. The maximum atomic E-state index is 12.0. The van der Waals surface area contributed by atoms with E-state index in [-0.39, 0.29) is 4.90 Å². The topological polar surface area (TPSA) is 46.2 Å². The van der Waals surface area contributed by atoms with E-state index in [0.717, 1.165) is 18.8 Å². The van der Waals surface area contributed by atoms with Crippen molar-refractivity contribution in [2.75, 3.05) is 6.54 Å². The molecule has 1 N–H and O–H groups in total. The fraction of sp³-hybridized carbons (Fsp3) is 0.500. The van der Waals surface area contributed by atoms with E-state index in [9.17, 15) is 8.42 Å². The van der Waals surface area contributed by atoms with E-state index in [1.807, 2.05) is 0 Å². The zero-order valence-electron chi connectivity index (χ0n) is 9.83. The van der Waals surface area contributed by atoms with Gasteiger partial charge in [0, 0.05) is 11.0 Å². The van der Waals surface area contributed by atoms with Crippen LogP contribution in [0.4, 0.5) is 0 Å². The van der Waals surface area contributed by atoms with Gasteiger partial charge >= 0.3 is 0 Å². The second-order valence-electron chi connectivity index (χ2n) is 4.56. The van der Waals surface area contributed by atoms with Gasteiger partial charge in [-0.25, -0.2) is 13.1 Å². The molecule has 2 rings (SSSR count). The van der Waals surface area contributed by atoms with Crippen molar-refractivity contribution in [3.05, 3.63) is 27.7 Å². The number of nitrogens with one attached hydrogen (secondary N) is 1. The molecule has 6 heteroatoms. The van der Waals surface area contributed by atoms with Crippen LogP contribution < -0.4 is 4.72 Å². The first-order valence-electron chi connectivity index (χ1n) is 5.94. The summed E-state index contributed by atoms with van der Waals surface area (Å²) in [4.78, 5) is 0.241. The molecular weight excluding hydrogens is 338 g/mol. The van der Waals surface area contributed by atoms with Crippen molar-refractivity contribution in [1.29, 1.82) is 0 Å². The molecule has 0 atom stereocenters. The lowest BCUT2D eigenvalue weighted by Crippen LogP contribution is -2.24. The Morgan fingerprint density at radius 2 is 2.11 bits per heavy atom. The summed E-state index contributed by atoms with van der Waals surface area (Å²) >= 11 is 9.06. The van der Waals surface area contributed by atoms with Crippen LogP contribution in [-0.4, -0.2) is 15.0 Å². The lowest BCUT2D eigenvalue weighted by atomic mass is 10.2. The number of hydrogen-bond acceptors (Lipinski definition) is 2. The van der Waals surface area contributed by atoms with E-state index in [0.29, 0.717) is 16.0 Å². The third kappa shape index (κ3) is 3.95. The molecule has 1 aromatic carbocycles. The predicted molar refractivity (Wildman–Crippen MR) is 76.3 cm³/mol. The quantitative estimate of drug-likeness (QED) is 0.796. The Morgan fingerprint density at radius 3 is 2.72 bits per heavy atom. The van der Waals surface area contributed by atoms with Gasteiger partial charge in [-0.3, -0.25) is 0 Å². The summed E-state index contributed by atoms with van der Waals surface area (Å²) in [5.74, 6) is 0.833. The van der Waals surface area contributed by atoms with E-state index < -0.39 is 10.0 Å². The zero-order chi connectivity index (χ0) is 13.2. The van der Waals surface area contributed by atoms with Crippen LogP contribution in [0.15, 0.2) is 27.6 Å². The van der Waals surface area contributed by atoms with E-state index in [2.05, 4.69) is 20.7 Å². The van der Waals surface area contributed by atoms with Crippen molar-refractivity contribution in [3.63, 3.8) is 0 Å². The van der Waals surface area contributed by atoms with Gasteiger partial charge in [0.15, 0.2) is 0 Å². The molecule has 0 aromatic heterocycles. The molecule has 1 saturated carbocycles. The van der Waals surface area contributed by atoms with Crippen molar-refractivity contribution in [2.24, 2.45) is 5.92 Å². The SMILES string of the molecule is O=S(=O)(NCCCC1CC1)c1ccc(Cl)c(Br)c1. The summed E-state index contributed by atoms with van der Waals surface area (Å²) in [7, 11) is -3.42. The van der Waals surface area contributed by atoms with Crippen molar-refractivity contribution in [2.45, 2.75) is 30.6 Å². The number of rotatable bonds is 6. The summed E-state index contributed by atoms with van der Waals surface area (Å²) in [6.07, 6.45) is 4.62. The van der Waals surface area contributed by atoms with Gasteiger partial charge in [0.2, 0.25) is 10.0 Å². The van der Waals surface area contributed by atoms with Gasteiger partial charge < -0.3 is 0 Å². The maximum absolute atomic E-state index is 12.0. The van der Waals surface area contributed by atoms with Crippen molar-refractivity contribution >= 4 is 37.6 Å². The fourth-order valence-corrected chi connectivity index (χ4v) is 3.48. The summed E-state index contributed by atoms with van der Waals surface area (Å²) in [5, 5.41) is 0.502. The van der Waals surface area contributed by atoms with Gasteiger partial charge in [0.25, 0.3) is 0 Å². The van der Waals surface area contributed by atoms with Crippen LogP contribution in [-0.2, 0) is 10.0 Å². The first-order chi connectivity index (χ1) is 8.49. The predicted octanol–water partition coefficient (Wildman–Crippen LogP) is 3.57. The molecule has 0 radical (unpaired) electrons. The molecule has 0 heterocycles. The molecule has 1 aliphatic carbocycles. The molecule has 0 saturated heterocycles. The van der Waals surface area contributed by atoms with Gasteiger partial charge in [-0.05, 0) is 52.9 Å². The van der Waals surface area contributed by atoms with Gasteiger partial charge in [-0.15, -0.1) is 0 Å².